The van der Waals surface area contributed by atoms with Crippen LogP contribution in [0.1, 0.15) is 10.4 Å². The van der Waals surface area contributed by atoms with Crippen molar-refractivity contribution in [2.75, 3.05) is 17.2 Å². The minimum atomic E-state index is 0.833. The summed E-state index contributed by atoms with van der Waals surface area (Å²) in [7, 11) is 0. The molecule has 106 valence electrons. The normalized spacial score (nSPS) is 13.9. The van der Waals surface area contributed by atoms with Gasteiger partial charge in [-0.15, -0.1) is 11.3 Å². The van der Waals surface area contributed by atoms with Gasteiger partial charge < -0.3 is 10.6 Å². The number of thiophene rings is 1. The average Bonchev–Trinajstić information content (AvgIpc) is 3.04. The molecule has 0 saturated heterocycles. The highest BCUT2D eigenvalue weighted by molar-refractivity contribution is 7.19. The predicted octanol–water partition coefficient (Wildman–Crippen LogP) is 4.70. The lowest BCUT2D eigenvalue weighted by Gasteiger charge is -2.20. The first-order valence-corrected chi connectivity index (χ1v) is 8.21. The lowest BCUT2D eigenvalue weighted by Crippen LogP contribution is -2.20. The molecule has 1 aliphatic heterocycles. The Hall–Kier alpha value is -1.71. The molecule has 2 heterocycles. The van der Waals surface area contributed by atoms with Crippen molar-refractivity contribution in [3.8, 4) is 0 Å². The minimum absolute atomic E-state index is 0.833. The van der Waals surface area contributed by atoms with E-state index in [-0.39, 0.29) is 0 Å². The number of hydrogen-bond donors (Lipinski definition) is 1. The van der Waals surface area contributed by atoms with Crippen LogP contribution in [-0.2, 0) is 13.0 Å². The van der Waals surface area contributed by atoms with E-state index in [0.717, 1.165) is 35.6 Å². The molecule has 1 aliphatic rings. The van der Waals surface area contributed by atoms with Gasteiger partial charge in [-0.25, -0.2) is 0 Å². The van der Waals surface area contributed by atoms with Gasteiger partial charge in [0.15, 0.2) is 0 Å². The van der Waals surface area contributed by atoms with Crippen LogP contribution in [0.5, 0.6) is 0 Å². The van der Waals surface area contributed by atoms with Crippen LogP contribution in [0, 0.1) is 0 Å². The first kappa shape index (κ1) is 13.0. The topological polar surface area (TPSA) is 29.3 Å². The van der Waals surface area contributed by atoms with Gasteiger partial charge in [0.25, 0.3) is 0 Å². The summed E-state index contributed by atoms with van der Waals surface area (Å²) in [6.07, 6.45) is 1.06. The van der Waals surface area contributed by atoms with E-state index in [4.69, 9.17) is 17.3 Å². The SMILES string of the molecule is Nc1cccc2c1N(Cc1sc3ccccc3c1Cl)CC2. The molecule has 21 heavy (non-hydrogen) atoms. The summed E-state index contributed by atoms with van der Waals surface area (Å²) in [5.41, 5.74) is 9.55. The standard InChI is InChI=1S/C17H15ClN2S/c18-16-12-5-1-2-7-14(12)21-15(16)10-20-9-8-11-4-3-6-13(19)17(11)20/h1-7H,8-10,19H2. The molecule has 1 aromatic heterocycles. The second-order valence-electron chi connectivity index (χ2n) is 5.36. The Balaban J connectivity index is 1.73. The Labute approximate surface area is 132 Å². The van der Waals surface area contributed by atoms with Crippen molar-refractivity contribution in [2.24, 2.45) is 0 Å². The van der Waals surface area contributed by atoms with Crippen LogP contribution in [0.2, 0.25) is 5.02 Å². The highest BCUT2D eigenvalue weighted by Gasteiger charge is 2.23. The molecular formula is C17H15ClN2S. The number of anilines is 2. The molecular weight excluding hydrogens is 300 g/mol. The van der Waals surface area contributed by atoms with Gasteiger partial charge in [-0.2, -0.15) is 0 Å². The van der Waals surface area contributed by atoms with Crippen LogP contribution in [0.15, 0.2) is 42.5 Å². The van der Waals surface area contributed by atoms with E-state index in [1.54, 1.807) is 11.3 Å². The third kappa shape index (κ3) is 2.08. The van der Waals surface area contributed by atoms with Crippen molar-refractivity contribution in [1.29, 1.82) is 0 Å². The van der Waals surface area contributed by atoms with Gasteiger partial charge >= 0.3 is 0 Å². The highest BCUT2D eigenvalue weighted by atomic mass is 35.5. The van der Waals surface area contributed by atoms with Crippen LogP contribution in [0.4, 0.5) is 11.4 Å². The number of hydrogen-bond acceptors (Lipinski definition) is 3. The van der Waals surface area contributed by atoms with E-state index in [1.165, 1.54) is 20.8 Å². The fraction of sp³-hybridized carbons (Fsp3) is 0.176. The number of fused-ring (bicyclic) bond motifs is 2. The number of halogens is 1. The molecule has 2 aromatic carbocycles. The van der Waals surface area contributed by atoms with Gasteiger partial charge in [-0.1, -0.05) is 41.9 Å². The maximum absolute atomic E-state index is 6.55. The molecule has 0 unspecified atom stereocenters. The first-order valence-electron chi connectivity index (χ1n) is 7.02. The van der Waals surface area contributed by atoms with Gasteiger partial charge in [0.2, 0.25) is 0 Å². The van der Waals surface area contributed by atoms with Gasteiger partial charge in [-0.3, -0.25) is 0 Å². The second-order valence-corrected chi connectivity index (χ2v) is 6.88. The van der Waals surface area contributed by atoms with Crippen molar-refractivity contribution in [3.05, 3.63) is 57.9 Å². The fourth-order valence-corrected chi connectivity index (χ4v) is 4.57. The lowest BCUT2D eigenvalue weighted by atomic mass is 10.1. The van der Waals surface area contributed by atoms with E-state index >= 15 is 0 Å². The monoisotopic (exact) mass is 314 g/mol. The fourth-order valence-electron chi connectivity index (χ4n) is 3.06. The van der Waals surface area contributed by atoms with E-state index in [2.05, 4.69) is 29.2 Å². The number of para-hydroxylation sites is 1. The molecule has 0 saturated carbocycles. The molecule has 2 N–H and O–H groups in total. The summed E-state index contributed by atoms with van der Waals surface area (Å²) >= 11 is 8.33. The Morgan fingerprint density at radius 1 is 1.14 bits per heavy atom. The zero-order chi connectivity index (χ0) is 14.4. The maximum Gasteiger partial charge on any atom is 0.0642 e. The van der Waals surface area contributed by atoms with Crippen LogP contribution < -0.4 is 10.6 Å². The Morgan fingerprint density at radius 3 is 2.86 bits per heavy atom. The van der Waals surface area contributed by atoms with Crippen LogP contribution in [0.3, 0.4) is 0 Å². The Kier molecular flexibility index (Phi) is 3.05. The molecule has 0 bridgehead atoms. The summed E-state index contributed by atoms with van der Waals surface area (Å²) < 4.78 is 1.25. The van der Waals surface area contributed by atoms with Crippen LogP contribution in [0.25, 0.3) is 10.1 Å². The van der Waals surface area contributed by atoms with Gasteiger partial charge in [0.1, 0.15) is 0 Å². The zero-order valence-corrected chi connectivity index (χ0v) is 13.0. The van der Waals surface area contributed by atoms with Gasteiger partial charge in [0.05, 0.1) is 22.9 Å². The van der Waals surface area contributed by atoms with Crippen molar-refractivity contribution in [1.82, 2.24) is 0 Å². The highest BCUT2D eigenvalue weighted by Crippen LogP contribution is 2.39. The molecule has 0 amide bonds. The van der Waals surface area contributed by atoms with Crippen LogP contribution >= 0.6 is 22.9 Å². The molecule has 4 heteroatoms. The molecule has 0 radical (unpaired) electrons. The van der Waals surface area contributed by atoms with E-state index in [1.807, 2.05) is 18.2 Å². The summed E-state index contributed by atoms with van der Waals surface area (Å²) in [6, 6.07) is 14.5. The van der Waals surface area contributed by atoms with E-state index < -0.39 is 0 Å². The molecule has 2 nitrogen and oxygen atoms in total. The van der Waals surface area contributed by atoms with Gasteiger partial charge in [0, 0.05) is 21.5 Å². The molecule has 3 aromatic rings. The zero-order valence-electron chi connectivity index (χ0n) is 11.5. The van der Waals surface area contributed by atoms with Crippen molar-refractivity contribution in [3.63, 3.8) is 0 Å². The second kappa shape index (κ2) is 4.93. The smallest absolute Gasteiger partial charge is 0.0642 e. The molecule has 0 aliphatic carbocycles. The Morgan fingerprint density at radius 2 is 2.00 bits per heavy atom. The third-order valence-corrected chi connectivity index (χ3v) is 5.75. The molecule has 0 spiro atoms. The summed E-state index contributed by atoms with van der Waals surface area (Å²) in [6.45, 7) is 1.84. The van der Waals surface area contributed by atoms with E-state index in [9.17, 15) is 0 Å². The predicted molar refractivity (Wildman–Crippen MR) is 92.4 cm³/mol. The maximum atomic E-state index is 6.55. The number of benzene rings is 2. The van der Waals surface area contributed by atoms with Crippen molar-refractivity contribution < 1.29 is 0 Å². The number of nitrogens with two attached hydrogens (primary N) is 1. The van der Waals surface area contributed by atoms with Gasteiger partial charge in [-0.05, 0) is 24.1 Å². The average molecular weight is 315 g/mol. The first-order chi connectivity index (χ1) is 10.2. The third-order valence-electron chi connectivity index (χ3n) is 4.05. The molecule has 0 atom stereocenters. The lowest BCUT2D eigenvalue weighted by molar-refractivity contribution is 0.847. The van der Waals surface area contributed by atoms with Crippen LogP contribution in [-0.4, -0.2) is 6.54 Å². The number of nitrogen functional groups attached to an aromatic ring is 1. The summed E-state index contributed by atoms with van der Waals surface area (Å²) in [5, 5.41) is 2.04. The van der Waals surface area contributed by atoms with E-state index in [0.29, 0.717) is 0 Å². The number of rotatable bonds is 2. The Bertz CT molecular complexity index is 825. The molecule has 0 fully saturated rings. The minimum Gasteiger partial charge on any atom is -0.397 e. The van der Waals surface area contributed by atoms with Crippen molar-refractivity contribution in [2.45, 2.75) is 13.0 Å². The molecule has 4 rings (SSSR count). The largest absolute Gasteiger partial charge is 0.397 e. The summed E-state index contributed by atoms with van der Waals surface area (Å²) in [5.74, 6) is 0. The number of nitrogens with zero attached hydrogens (tertiary/aromatic N) is 1. The van der Waals surface area contributed by atoms with Crippen molar-refractivity contribution >= 4 is 44.4 Å². The summed E-state index contributed by atoms with van der Waals surface area (Å²) in [4.78, 5) is 3.57. The quantitative estimate of drug-likeness (QED) is 0.695.